The Morgan fingerprint density at radius 3 is 2.82 bits per heavy atom. The van der Waals surface area contributed by atoms with Gasteiger partial charge in [0.2, 0.25) is 0 Å². The maximum atomic E-state index is 12.9. The topological polar surface area (TPSA) is 58.9 Å². The van der Waals surface area contributed by atoms with Crippen LogP contribution >= 0.6 is 0 Å². The molecule has 2 fully saturated rings. The number of halogens is 1. The van der Waals surface area contributed by atoms with E-state index in [2.05, 4.69) is 0 Å². The van der Waals surface area contributed by atoms with E-state index in [0.717, 1.165) is 0 Å². The number of rotatable bonds is 0. The summed E-state index contributed by atoms with van der Waals surface area (Å²) in [6.07, 6.45) is -5.50. The average molecular weight is 164 g/mol. The maximum Gasteiger partial charge on any atom is 0.189 e. The molecule has 2 bridgehead atoms. The minimum Gasteiger partial charge on any atom is -0.387 e. The Hall–Kier alpha value is -0.230. The van der Waals surface area contributed by atoms with Crippen molar-refractivity contribution in [1.29, 1.82) is 0 Å². The molecule has 0 radical (unpaired) electrons. The monoisotopic (exact) mass is 164 g/mol. The predicted octanol–water partition coefficient (Wildman–Crippen LogP) is -1.20. The minimum atomic E-state index is -1.64. The summed E-state index contributed by atoms with van der Waals surface area (Å²) in [4.78, 5) is 0. The van der Waals surface area contributed by atoms with Crippen molar-refractivity contribution in [3.8, 4) is 0 Å². The van der Waals surface area contributed by atoms with Crippen LogP contribution in [0.1, 0.15) is 0 Å². The van der Waals surface area contributed by atoms with Crippen molar-refractivity contribution in [2.24, 2.45) is 0 Å². The normalized spacial score (nSPS) is 56.5. The summed E-state index contributed by atoms with van der Waals surface area (Å²) in [7, 11) is 0. The average Bonchev–Trinajstić information content (AvgIpc) is 2.23. The van der Waals surface area contributed by atoms with Gasteiger partial charge in [0.1, 0.15) is 18.3 Å². The van der Waals surface area contributed by atoms with Crippen molar-refractivity contribution in [3.05, 3.63) is 0 Å². The Morgan fingerprint density at radius 1 is 1.36 bits per heavy atom. The van der Waals surface area contributed by atoms with Gasteiger partial charge in [0.05, 0.1) is 6.61 Å². The van der Waals surface area contributed by atoms with Crippen LogP contribution in [0.15, 0.2) is 0 Å². The number of aliphatic hydroxyl groups excluding tert-OH is 2. The van der Waals surface area contributed by atoms with Crippen molar-refractivity contribution >= 4 is 0 Å². The lowest BCUT2D eigenvalue weighted by atomic mass is 10.0. The summed E-state index contributed by atoms with van der Waals surface area (Å²) in [5.74, 6) is 0. The highest BCUT2D eigenvalue weighted by Gasteiger charge is 2.50. The zero-order chi connectivity index (χ0) is 8.01. The molecule has 0 amide bonds. The van der Waals surface area contributed by atoms with Crippen molar-refractivity contribution in [2.75, 3.05) is 6.61 Å². The van der Waals surface area contributed by atoms with E-state index in [1.165, 1.54) is 0 Å². The van der Waals surface area contributed by atoms with Crippen LogP contribution in [0.5, 0.6) is 0 Å². The number of alkyl halides is 1. The molecular weight excluding hydrogens is 155 g/mol. The molecule has 0 aromatic heterocycles. The lowest BCUT2D eigenvalue weighted by Crippen LogP contribution is -2.50. The van der Waals surface area contributed by atoms with Gasteiger partial charge in [-0.2, -0.15) is 0 Å². The summed E-state index contributed by atoms with van der Waals surface area (Å²) in [5.41, 5.74) is 0. The van der Waals surface area contributed by atoms with Gasteiger partial charge in [0.15, 0.2) is 12.5 Å². The zero-order valence-corrected chi connectivity index (χ0v) is 5.68. The highest BCUT2D eigenvalue weighted by atomic mass is 19.1. The zero-order valence-electron chi connectivity index (χ0n) is 5.68. The smallest absolute Gasteiger partial charge is 0.189 e. The largest absolute Gasteiger partial charge is 0.387 e. The van der Waals surface area contributed by atoms with Gasteiger partial charge in [-0.25, -0.2) is 4.39 Å². The van der Waals surface area contributed by atoms with E-state index in [1.54, 1.807) is 0 Å². The Bertz CT molecular complexity index is 165. The molecule has 64 valence electrons. The third-order valence-electron chi connectivity index (χ3n) is 2.07. The van der Waals surface area contributed by atoms with Gasteiger partial charge in [-0.1, -0.05) is 0 Å². The molecule has 0 aromatic rings. The molecule has 2 aliphatic heterocycles. The highest BCUT2D eigenvalue weighted by molar-refractivity contribution is 4.94. The fourth-order valence-electron chi connectivity index (χ4n) is 1.43. The minimum absolute atomic E-state index is 0.156. The first-order chi connectivity index (χ1) is 5.20. The van der Waals surface area contributed by atoms with Crippen LogP contribution in [0.2, 0.25) is 0 Å². The molecule has 4 nitrogen and oxygen atoms in total. The SMILES string of the molecule is O[C@@H]1[C@@H]2OC[C@H]1O[C@@H](O)[C@@H]2F. The van der Waals surface area contributed by atoms with Crippen LogP contribution in [-0.2, 0) is 9.47 Å². The lowest BCUT2D eigenvalue weighted by molar-refractivity contribution is -0.224. The molecule has 0 unspecified atom stereocenters. The molecule has 0 aromatic carbocycles. The number of hydrogen-bond donors (Lipinski definition) is 2. The summed E-state index contributed by atoms with van der Waals surface area (Å²) < 4.78 is 22.4. The standard InChI is InChI=1S/C6H9FO4/c7-3-5-4(8)2(1-10-5)11-6(3)9/h2-6,8-9H,1H2/t2-,3-,4+,5-,6-/m1/s1. The summed E-state index contributed by atoms with van der Waals surface area (Å²) >= 11 is 0. The van der Waals surface area contributed by atoms with Crippen molar-refractivity contribution < 1.29 is 24.1 Å². The third-order valence-corrected chi connectivity index (χ3v) is 2.07. The van der Waals surface area contributed by atoms with E-state index in [9.17, 15) is 9.50 Å². The third kappa shape index (κ3) is 0.961. The summed E-state index contributed by atoms with van der Waals surface area (Å²) in [6, 6.07) is 0. The summed E-state index contributed by atoms with van der Waals surface area (Å²) in [6.45, 7) is 0.156. The van der Waals surface area contributed by atoms with Gasteiger partial charge in [0.25, 0.3) is 0 Å². The first-order valence-electron chi connectivity index (χ1n) is 3.47. The second-order valence-electron chi connectivity index (χ2n) is 2.80. The van der Waals surface area contributed by atoms with Crippen molar-refractivity contribution in [2.45, 2.75) is 30.8 Å². The number of ether oxygens (including phenoxy) is 2. The maximum absolute atomic E-state index is 12.9. The Balaban J connectivity index is 2.16. The molecule has 0 aliphatic carbocycles. The molecular formula is C6H9FO4. The van der Waals surface area contributed by atoms with E-state index in [4.69, 9.17) is 14.6 Å². The first-order valence-corrected chi connectivity index (χ1v) is 3.47. The van der Waals surface area contributed by atoms with Gasteiger partial charge < -0.3 is 19.7 Å². The van der Waals surface area contributed by atoms with E-state index >= 15 is 0 Å². The van der Waals surface area contributed by atoms with Crippen LogP contribution in [0.4, 0.5) is 4.39 Å². The van der Waals surface area contributed by atoms with Crippen LogP contribution in [0.3, 0.4) is 0 Å². The van der Waals surface area contributed by atoms with Crippen LogP contribution in [0, 0.1) is 0 Å². The van der Waals surface area contributed by atoms with Crippen molar-refractivity contribution in [3.63, 3.8) is 0 Å². The van der Waals surface area contributed by atoms with E-state index in [1.807, 2.05) is 0 Å². The molecule has 0 saturated carbocycles. The second kappa shape index (κ2) is 2.38. The molecule has 2 saturated heterocycles. The Morgan fingerprint density at radius 2 is 2.09 bits per heavy atom. The van der Waals surface area contributed by atoms with E-state index < -0.39 is 30.8 Å². The molecule has 11 heavy (non-hydrogen) atoms. The molecule has 2 aliphatic rings. The van der Waals surface area contributed by atoms with Crippen LogP contribution < -0.4 is 0 Å². The van der Waals surface area contributed by atoms with E-state index in [-0.39, 0.29) is 6.61 Å². The predicted molar refractivity (Wildman–Crippen MR) is 31.5 cm³/mol. The van der Waals surface area contributed by atoms with E-state index in [0.29, 0.717) is 0 Å². The fraction of sp³-hybridized carbons (Fsp3) is 1.00. The molecule has 5 heteroatoms. The van der Waals surface area contributed by atoms with Gasteiger partial charge in [-0.15, -0.1) is 0 Å². The van der Waals surface area contributed by atoms with Gasteiger partial charge in [-0.3, -0.25) is 0 Å². The molecule has 0 spiro atoms. The van der Waals surface area contributed by atoms with Crippen molar-refractivity contribution in [1.82, 2.24) is 0 Å². The molecule has 2 rings (SSSR count). The lowest BCUT2D eigenvalue weighted by Gasteiger charge is -2.30. The quantitative estimate of drug-likeness (QED) is 0.472. The fourth-order valence-corrected chi connectivity index (χ4v) is 1.43. The van der Waals surface area contributed by atoms with Gasteiger partial charge >= 0.3 is 0 Å². The van der Waals surface area contributed by atoms with Gasteiger partial charge in [-0.05, 0) is 0 Å². The second-order valence-corrected chi connectivity index (χ2v) is 2.80. The van der Waals surface area contributed by atoms with Crippen LogP contribution in [0.25, 0.3) is 0 Å². The Kier molecular flexibility index (Phi) is 1.61. The van der Waals surface area contributed by atoms with Gasteiger partial charge in [0, 0.05) is 0 Å². The molecule has 2 N–H and O–H groups in total. The number of fused-ring (bicyclic) bond motifs is 2. The molecule has 2 heterocycles. The molecule has 5 atom stereocenters. The summed E-state index contributed by atoms with van der Waals surface area (Å²) in [5, 5.41) is 18.1. The highest BCUT2D eigenvalue weighted by Crippen LogP contribution is 2.30. The number of aliphatic hydroxyl groups is 2. The first kappa shape index (κ1) is 7.42. The Labute approximate surface area is 62.5 Å². The van der Waals surface area contributed by atoms with Crippen LogP contribution in [-0.4, -0.2) is 47.6 Å². The number of hydrogen-bond acceptors (Lipinski definition) is 4.